The van der Waals surface area contributed by atoms with Gasteiger partial charge in [-0.15, -0.1) is 0 Å². The largest absolute Gasteiger partial charge is 0.463 e. The molecule has 13 heavy (non-hydrogen) atoms. The van der Waals surface area contributed by atoms with Gasteiger partial charge in [0.15, 0.2) is 0 Å². The van der Waals surface area contributed by atoms with Crippen molar-refractivity contribution in [2.45, 2.75) is 40.0 Å². The summed E-state index contributed by atoms with van der Waals surface area (Å²) in [6.45, 7) is 6.19. The molecule has 74 valence electrons. The number of ether oxygens (including phenoxy) is 1. The maximum absolute atomic E-state index is 11.3. The van der Waals surface area contributed by atoms with Crippen molar-refractivity contribution in [1.29, 1.82) is 0 Å². The lowest BCUT2D eigenvalue weighted by Gasteiger charge is -2.06. The monoisotopic (exact) mass is 182 g/mol. The third kappa shape index (κ3) is 3.21. The van der Waals surface area contributed by atoms with E-state index in [4.69, 9.17) is 4.74 Å². The van der Waals surface area contributed by atoms with Crippen LogP contribution in [0, 0.1) is 5.92 Å². The molecule has 0 aromatic rings. The van der Waals surface area contributed by atoms with E-state index in [0.717, 1.165) is 17.9 Å². The van der Waals surface area contributed by atoms with Gasteiger partial charge in [-0.1, -0.05) is 5.57 Å². The van der Waals surface area contributed by atoms with Crippen LogP contribution in [-0.2, 0) is 9.53 Å². The summed E-state index contributed by atoms with van der Waals surface area (Å²) < 4.78 is 4.93. The molecule has 0 aliphatic heterocycles. The fraction of sp³-hybridized carbons (Fsp3) is 0.727. The highest BCUT2D eigenvalue weighted by Crippen LogP contribution is 2.35. The molecule has 2 nitrogen and oxygen atoms in total. The molecule has 1 rings (SSSR count). The summed E-state index contributed by atoms with van der Waals surface area (Å²) in [6, 6.07) is 0. The summed E-state index contributed by atoms with van der Waals surface area (Å²) in [5.74, 6) is 0.685. The Hall–Kier alpha value is -0.790. The number of hydrogen-bond acceptors (Lipinski definition) is 2. The van der Waals surface area contributed by atoms with Crippen molar-refractivity contribution in [3.8, 4) is 0 Å². The highest BCUT2D eigenvalue weighted by molar-refractivity contribution is 5.88. The van der Waals surface area contributed by atoms with Crippen LogP contribution in [0.4, 0.5) is 0 Å². The van der Waals surface area contributed by atoms with Gasteiger partial charge < -0.3 is 4.74 Å². The summed E-state index contributed by atoms with van der Waals surface area (Å²) >= 11 is 0. The van der Waals surface area contributed by atoms with E-state index in [1.165, 1.54) is 18.4 Å². The van der Waals surface area contributed by atoms with Gasteiger partial charge in [0, 0.05) is 5.57 Å². The summed E-state index contributed by atoms with van der Waals surface area (Å²) in [6.07, 6.45) is 3.73. The third-order valence-corrected chi connectivity index (χ3v) is 2.51. The molecule has 0 spiro atoms. The number of hydrogen-bond donors (Lipinski definition) is 0. The van der Waals surface area contributed by atoms with E-state index >= 15 is 0 Å². The lowest BCUT2D eigenvalue weighted by atomic mass is 10.1. The quantitative estimate of drug-likeness (QED) is 0.493. The Balaban J connectivity index is 2.48. The molecular formula is C11H18O2. The maximum atomic E-state index is 11.3. The fourth-order valence-electron chi connectivity index (χ4n) is 1.32. The van der Waals surface area contributed by atoms with Crippen molar-refractivity contribution in [2.75, 3.05) is 6.61 Å². The molecule has 1 aliphatic rings. The van der Waals surface area contributed by atoms with Crippen LogP contribution in [0.25, 0.3) is 0 Å². The number of carbonyl (C=O) groups is 1. The lowest BCUT2D eigenvalue weighted by molar-refractivity contribution is -0.138. The van der Waals surface area contributed by atoms with Gasteiger partial charge in [-0.05, 0) is 46.0 Å². The highest BCUT2D eigenvalue weighted by atomic mass is 16.5. The van der Waals surface area contributed by atoms with Crippen molar-refractivity contribution in [3.63, 3.8) is 0 Å². The molecule has 0 N–H and O–H groups in total. The topological polar surface area (TPSA) is 26.3 Å². The Morgan fingerprint density at radius 1 is 1.38 bits per heavy atom. The Morgan fingerprint density at radius 2 is 2.00 bits per heavy atom. The standard InChI is InChI=1S/C11H18O2/c1-4-13-11(12)9(3)8(2)7-10-5-6-10/h10H,4-7H2,1-3H3. The minimum atomic E-state index is -0.152. The molecule has 0 bridgehead atoms. The fourth-order valence-corrected chi connectivity index (χ4v) is 1.32. The molecular weight excluding hydrogens is 164 g/mol. The van der Waals surface area contributed by atoms with Crippen molar-refractivity contribution in [3.05, 3.63) is 11.1 Å². The van der Waals surface area contributed by atoms with Crippen LogP contribution in [0.15, 0.2) is 11.1 Å². The molecule has 2 heteroatoms. The molecule has 1 fully saturated rings. The first-order chi connectivity index (χ1) is 6.15. The molecule has 0 saturated heterocycles. The average Bonchev–Trinajstić information content (AvgIpc) is 2.87. The van der Waals surface area contributed by atoms with Crippen LogP contribution in [0.2, 0.25) is 0 Å². The summed E-state index contributed by atoms with van der Waals surface area (Å²) in [4.78, 5) is 11.3. The SMILES string of the molecule is CCOC(=O)C(C)=C(C)CC1CC1. The second-order valence-electron chi connectivity index (χ2n) is 3.77. The van der Waals surface area contributed by atoms with Crippen LogP contribution in [0.1, 0.15) is 40.0 Å². The van der Waals surface area contributed by atoms with Crippen molar-refractivity contribution in [2.24, 2.45) is 5.92 Å². The molecule has 0 amide bonds. The Bertz CT molecular complexity index is 224. The summed E-state index contributed by atoms with van der Waals surface area (Å²) in [5, 5.41) is 0. The molecule has 0 atom stereocenters. The van der Waals surface area contributed by atoms with Gasteiger partial charge >= 0.3 is 5.97 Å². The second kappa shape index (κ2) is 4.45. The van der Waals surface area contributed by atoms with Crippen LogP contribution in [0.3, 0.4) is 0 Å². The molecule has 1 saturated carbocycles. The zero-order chi connectivity index (χ0) is 9.84. The average molecular weight is 182 g/mol. The van der Waals surface area contributed by atoms with E-state index in [-0.39, 0.29) is 5.97 Å². The van der Waals surface area contributed by atoms with Gasteiger partial charge in [0.25, 0.3) is 0 Å². The molecule has 0 heterocycles. The van der Waals surface area contributed by atoms with Gasteiger partial charge in [-0.2, -0.15) is 0 Å². The molecule has 0 aromatic heterocycles. The lowest BCUT2D eigenvalue weighted by Crippen LogP contribution is -2.07. The van der Waals surface area contributed by atoms with Crippen molar-refractivity contribution in [1.82, 2.24) is 0 Å². The molecule has 0 aromatic carbocycles. The minimum Gasteiger partial charge on any atom is -0.463 e. The number of esters is 1. The van der Waals surface area contributed by atoms with Gasteiger partial charge in [-0.25, -0.2) is 4.79 Å². The predicted octanol–water partition coefficient (Wildman–Crippen LogP) is 2.69. The van der Waals surface area contributed by atoms with E-state index in [1.54, 1.807) is 0 Å². The zero-order valence-corrected chi connectivity index (χ0v) is 8.72. The van der Waals surface area contributed by atoms with Gasteiger partial charge in [-0.3, -0.25) is 0 Å². The normalized spacial score (nSPS) is 18.1. The summed E-state index contributed by atoms with van der Waals surface area (Å²) in [5.41, 5.74) is 2.00. The zero-order valence-electron chi connectivity index (χ0n) is 8.72. The number of carbonyl (C=O) groups excluding carboxylic acids is 1. The van der Waals surface area contributed by atoms with E-state index in [2.05, 4.69) is 0 Å². The van der Waals surface area contributed by atoms with Crippen LogP contribution >= 0.6 is 0 Å². The molecule has 0 radical (unpaired) electrons. The van der Waals surface area contributed by atoms with E-state index in [9.17, 15) is 4.79 Å². The maximum Gasteiger partial charge on any atom is 0.333 e. The van der Waals surface area contributed by atoms with Crippen LogP contribution in [0.5, 0.6) is 0 Å². The number of rotatable bonds is 4. The second-order valence-corrected chi connectivity index (χ2v) is 3.77. The predicted molar refractivity (Wildman–Crippen MR) is 52.3 cm³/mol. The highest BCUT2D eigenvalue weighted by Gasteiger charge is 2.22. The summed E-state index contributed by atoms with van der Waals surface area (Å²) in [7, 11) is 0. The van der Waals surface area contributed by atoms with Gasteiger partial charge in [0.2, 0.25) is 0 Å². The first kappa shape index (κ1) is 10.3. The Labute approximate surface area is 80.0 Å². The van der Waals surface area contributed by atoms with E-state index in [1.807, 2.05) is 20.8 Å². The van der Waals surface area contributed by atoms with E-state index < -0.39 is 0 Å². The minimum absolute atomic E-state index is 0.152. The van der Waals surface area contributed by atoms with Crippen molar-refractivity contribution >= 4 is 5.97 Å². The first-order valence-electron chi connectivity index (χ1n) is 4.98. The Morgan fingerprint density at radius 3 is 2.46 bits per heavy atom. The van der Waals surface area contributed by atoms with Crippen molar-refractivity contribution < 1.29 is 9.53 Å². The van der Waals surface area contributed by atoms with Gasteiger partial charge in [0.05, 0.1) is 6.61 Å². The van der Waals surface area contributed by atoms with Gasteiger partial charge in [0.1, 0.15) is 0 Å². The van der Waals surface area contributed by atoms with Crippen LogP contribution < -0.4 is 0 Å². The molecule has 0 unspecified atom stereocenters. The first-order valence-corrected chi connectivity index (χ1v) is 4.98. The Kier molecular flexibility index (Phi) is 3.52. The molecule has 1 aliphatic carbocycles. The number of allylic oxidation sites excluding steroid dienone is 1. The third-order valence-electron chi connectivity index (χ3n) is 2.51. The van der Waals surface area contributed by atoms with E-state index in [0.29, 0.717) is 6.61 Å². The van der Waals surface area contributed by atoms with Crippen LogP contribution in [-0.4, -0.2) is 12.6 Å². The smallest absolute Gasteiger partial charge is 0.333 e.